The predicted octanol–water partition coefficient (Wildman–Crippen LogP) is 4.47. The number of nitrogens with zero attached hydrogens (tertiary/aromatic N) is 2. The molecule has 0 aliphatic heterocycles. The fraction of sp³-hybridized carbons (Fsp3) is 0.286. The summed E-state index contributed by atoms with van der Waals surface area (Å²) in [5, 5.41) is 0. The van der Waals surface area contributed by atoms with Gasteiger partial charge in [-0.15, -0.1) is 0 Å². The van der Waals surface area contributed by atoms with E-state index in [1.807, 2.05) is 37.5 Å². The first-order valence-electron chi connectivity index (χ1n) is 8.54. The summed E-state index contributed by atoms with van der Waals surface area (Å²) in [7, 11) is 5.31. The van der Waals surface area contributed by atoms with Crippen molar-refractivity contribution in [3.63, 3.8) is 0 Å². The molecule has 3 rings (SSSR count). The normalized spacial score (nSPS) is 11.3. The topological polar surface area (TPSA) is 50.4 Å². The monoisotopic (exact) mass is 351 g/mol. The summed E-state index contributed by atoms with van der Waals surface area (Å²) < 4.78 is 10.7. The molecule has 5 heteroatoms. The minimum Gasteiger partial charge on any atom is -0.493 e. The maximum Gasteiger partial charge on any atom is 0.203 e. The highest BCUT2D eigenvalue weighted by atomic mass is 16.5. The molecule has 5 nitrogen and oxygen atoms in total. The minimum absolute atomic E-state index is 0.200. The largest absolute Gasteiger partial charge is 0.493 e. The number of aromatic nitrogens is 2. The molecule has 0 aliphatic rings. The summed E-state index contributed by atoms with van der Waals surface area (Å²) in [6.07, 6.45) is 1.84. The van der Waals surface area contributed by atoms with Gasteiger partial charge in [0.1, 0.15) is 0 Å². The van der Waals surface area contributed by atoms with Gasteiger partial charge in [0, 0.05) is 12.6 Å². The first-order valence-corrected chi connectivity index (χ1v) is 8.54. The molecule has 0 aliphatic carbocycles. The minimum atomic E-state index is -0.200. The number of H-pyrrole nitrogens is 1. The summed E-state index contributed by atoms with van der Waals surface area (Å²) in [6.45, 7) is 4.36. The van der Waals surface area contributed by atoms with E-state index in [4.69, 9.17) is 9.47 Å². The van der Waals surface area contributed by atoms with E-state index >= 15 is 0 Å². The third-order valence-corrected chi connectivity index (χ3v) is 4.89. The molecule has 0 bridgehead atoms. The summed E-state index contributed by atoms with van der Waals surface area (Å²) in [5.41, 5.74) is 2.95. The van der Waals surface area contributed by atoms with Crippen LogP contribution in [0.5, 0.6) is 11.5 Å². The molecule has 2 aromatic carbocycles. The fourth-order valence-electron chi connectivity index (χ4n) is 2.94. The molecular weight excluding hydrogens is 326 g/mol. The zero-order valence-electron chi connectivity index (χ0n) is 15.9. The zero-order chi connectivity index (χ0) is 18.7. The Bertz CT molecular complexity index is 872. The Balaban J connectivity index is 1.90. The maximum atomic E-state index is 5.40. The second kappa shape index (κ2) is 7.12. The molecule has 1 heterocycles. The Kier molecular flexibility index (Phi) is 4.89. The van der Waals surface area contributed by atoms with Crippen LogP contribution in [-0.4, -0.2) is 31.2 Å². The molecule has 0 atom stereocenters. The maximum absolute atomic E-state index is 5.40. The Morgan fingerprint density at radius 1 is 0.962 bits per heavy atom. The molecule has 0 fully saturated rings. The van der Waals surface area contributed by atoms with Gasteiger partial charge in [0.25, 0.3) is 0 Å². The number of benzene rings is 2. The van der Waals surface area contributed by atoms with Gasteiger partial charge in [-0.25, -0.2) is 4.98 Å². The van der Waals surface area contributed by atoms with Crippen molar-refractivity contribution in [2.24, 2.45) is 0 Å². The van der Waals surface area contributed by atoms with Crippen LogP contribution in [0.15, 0.2) is 54.7 Å². The van der Waals surface area contributed by atoms with Crippen molar-refractivity contribution in [2.75, 3.05) is 26.2 Å². The van der Waals surface area contributed by atoms with E-state index in [-0.39, 0.29) is 5.54 Å². The fourth-order valence-corrected chi connectivity index (χ4v) is 2.94. The van der Waals surface area contributed by atoms with Gasteiger partial charge in [-0.2, -0.15) is 0 Å². The third-order valence-electron chi connectivity index (χ3n) is 4.89. The summed E-state index contributed by atoms with van der Waals surface area (Å²) in [6, 6.07) is 16.2. The Morgan fingerprint density at radius 3 is 2.31 bits per heavy atom. The molecule has 0 saturated carbocycles. The second-order valence-electron chi connectivity index (χ2n) is 6.67. The highest BCUT2D eigenvalue weighted by Crippen LogP contribution is 2.34. The van der Waals surface area contributed by atoms with Gasteiger partial charge in [0.05, 0.1) is 31.6 Å². The van der Waals surface area contributed by atoms with Gasteiger partial charge in [0.2, 0.25) is 5.95 Å². The summed E-state index contributed by atoms with van der Waals surface area (Å²) in [4.78, 5) is 10.1. The van der Waals surface area contributed by atoms with Crippen LogP contribution in [0.4, 0.5) is 5.95 Å². The highest BCUT2D eigenvalue weighted by molar-refractivity contribution is 5.65. The molecule has 0 radical (unpaired) electrons. The van der Waals surface area contributed by atoms with Crippen molar-refractivity contribution in [1.82, 2.24) is 9.97 Å². The van der Waals surface area contributed by atoms with Crippen molar-refractivity contribution in [1.29, 1.82) is 0 Å². The first-order chi connectivity index (χ1) is 12.5. The lowest BCUT2D eigenvalue weighted by molar-refractivity contribution is 0.355. The van der Waals surface area contributed by atoms with Crippen LogP contribution in [0, 0.1) is 0 Å². The van der Waals surface area contributed by atoms with Gasteiger partial charge in [-0.3, -0.25) is 0 Å². The molecule has 1 N–H and O–H groups in total. The van der Waals surface area contributed by atoms with E-state index < -0.39 is 0 Å². The number of ether oxygens (including phenoxy) is 2. The van der Waals surface area contributed by atoms with Crippen molar-refractivity contribution < 1.29 is 9.47 Å². The van der Waals surface area contributed by atoms with Crippen molar-refractivity contribution in [3.8, 4) is 22.8 Å². The lowest BCUT2D eigenvalue weighted by Gasteiger charge is -2.36. The van der Waals surface area contributed by atoms with Crippen molar-refractivity contribution in [3.05, 3.63) is 60.3 Å². The second-order valence-corrected chi connectivity index (χ2v) is 6.67. The lowest BCUT2D eigenvalue weighted by Crippen LogP contribution is -2.39. The lowest BCUT2D eigenvalue weighted by atomic mass is 9.93. The number of methoxy groups -OCH3 is 2. The van der Waals surface area contributed by atoms with Crippen LogP contribution in [0.1, 0.15) is 19.4 Å². The number of anilines is 1. The van der Waals surface area contributed by atoms with Crippen LogP contribution < -0.4 is 14.4 Å². The van der Waals surface area contributed by atoms with Crippen LogP contribution in [0.3, 0.4) is 0 Å². The van der Waals surface area contributed by atoms with Crippen LogP contribution in [-0.2, 0) is 5.54 Å². The van der Waals surface area contributed by atoms with Gasteiger partial charge in [-0.05, 0) is 37.6 Å². The van der Waals surface area contributed by atoms with E-state index in [2.05, 4.69) is 53.0 Å². The van der Waals surface area contributed by atoms with E-state index in [1.54, 1.807) is 14.2 Å². The Morgan fingerprint density at radius 2 is 1.65 bits per heavy atom. The molecule has 3 aromatic rings. The smallest absolute Gasteiger partial charge is 0.203 e. The molecule has 136 valence electrons. The summed E-state index contributed by atoms with van der Waals surface area (Å²) in [5.74, 6) is 2.21. The third kappa shape index (κ3) is 3.25. The quantitative estimate of drug-likeness (QED) is 0.712. The van der Waals surface area contributed by atoms with E-state index in [9.17, 15) is 0 Å². The number of imidazole rings is 1. The number of aromatic amines is 1. The standard InChI is InChI=1S/C21H25N3O2/c1-21(2,16-9-7-6-8-10-16)24(3)20-22-14-17(23-20)15-11-12-18(25-4)19(13-15)26-5/h6-14H,1-5H3,(H,22,23). The first kappa shape index (κ1) is 17.9. The van der Waals surface area contributed by atoms with E-state index in [0.717, 1.165) is 17.2 Å². The van der Waals surface area contributed by atoms with Gasteiger partial charge in [0.15, 0.2) is 11.5 Å². The van der Waals surface area contributed by atoms with Crippen LogP contribution in [0.2, 0.25) is 0 Å². The number of nitrogens with one attached hydrogen (secondary N) is 1. The number of hydrogen-bond donors (Lipinski definition) is 1. The predicted molar refractivity (Wildman–Crippen MR) is 105 cm³/mol. The molecule has 0 spiro atoms. The average molecular weight is 351 g/mol. The Hall–Kier alpha value is -2.95. The summed E-state index contributed by atoms with van der Waals surface area (Å²) >= 11 is 0. The number of hydrogen-bond acceptors (Lipinski definition) is 4. The van der Waals surface area contributed by atoms with Gasteiger partial charge >= 0.3 is 0 Å². The highest BCUT2D eigenvalue weighted by Gasteiger charge is 2.27. The Labute approximate surface area is 154 Å². The SMILES string of the molecule is COc1ccc(-c2cnc(N(C)C(C)(C)c3ccccc3)[nH]2)cc1OC. The van der Waals surface area contributed by atoms with E-state index in [0.29, 0.717) is 11.5 Å². The molecule has 0 unspecified atom stereocenters. The van der Waals surface area contributed by atoms with Crippen molar-refractivity contribution in [2.45, 2.75) is 19.4 Å². The van der Waals surface area contributed by atoms with E-state index in [1.165, 1.54) is 5.56 Å². The van der Waals surface area contributed by atoms with Crippen LogP contribution in [0.25, 0.3) is 11.3 Å². The van der Waals surface area contributed by atoms with Gasteiger partial charge < -0.3 is 19.4 Å². The molecule has 1 aromatic heterocycles. The van der Waals surface area contributed by atoms with Crippen molar-refractivity contribution >= 4 is 5.95 Å². The molecular formula is C21H25N3O2. The number of rotatable bonds is 6. The molecule has 26 heavy (non-hydrogen) atoms. The molecule has 0 saturated heterocycles. The van der Waals surface area contributed by atoms with Crippen LogP contribution >= 0.6 is 0 Å². The van der Waals surface area contributed by atoms with Gasteiger partial charge in [-0.1, -0.05) is 30.3 Å². The average Bonchev–Trinajstić information content (AvgIpc) is 3.17. The zero-order valence-corrected chi connectivity index (χ0v) is 15.9. The molecule has 0 amide bonds.